The fourth-order valence-electron chi connectivity index (χ4n) is 5.88. The first-order chi connectivity index (χ1) is 25.7. The first kappa shape index (κ1) is 37.4. The number of carboxylic acids is 1. The van der Waals surface area contributed by atoms with Crippen molar-refractivity contribution in [3.63, 3.8) is 0 Å². The van der Waals surface area contributed by atoms with Gasteiger partial charge < -0.3 is 39.7 Å². The first-order valence-electron chi connectivity index (χ1n) is 16.8. The average molecular weight is 713 g/mol. The van der Waals surface area contributed by atoms with E-state index in [1.165, 1.54) is 14.1 Å². The molecule has 4 aromatic rings. The molecule has 2 amide bonds. The highest BCUT2D eigenvalue weighted by Gasteiger charge is 2.22. The Morgan fingerprint density at radius 1 is 0.849 bits per heavy atom. The van der Waals surface area contributed by atoms with E-state index in [4.69, 9.17) is 14.3 Å². The van der Waals surface area contributed by atoms with E-state index in [-0.39, 0.29) is 12.2 Å². The minimum absolute atomic E-state index is 0.0910. The topological polar surface area (TPSA) is 147 Å². The molecule has 1 aliphatic carbocycles. The Kier molecular flexibility index (Phi) is 12.6. The number of carbonyl (C=O) groups excluding carboxylic acids is 2. The number of nitrogens with one attached hydrogen (secondary N) is 2. The number of fused-ring (bicyclic) bond motifs is 2. The molecule has 0 atom stereocenters. The highest BCUT2D eigenvalue weighted by atomic mass is 16.5. The predicted molar refractivity (Wildman–Crippen MR) is 203 cm³/mol. The van der Waals surface area contributed by atoms with Gasteiger partial charge in [-0.05, 0) is 35.5 Å². The van der Waals surface area contributed by atoms with Crippen LogP contribution in [-0.2, 0) is 17.8 Å². The summed E-state index contributed by atoms with van der Waals surface area (Å²) in [6, 6.07) is 38.8. The quantitative estimate of drug-likeness (QED) is 0.111. The zero-order valence-corrected chi connectivity index (χ0v) is 29.5. The number of rotatable bonds is 11. The van der Waals surface area contributed by atoms with Crippen LogP contribution >= 0.6 is 0 Å². The van der Waals surface area contributed by atoms with E-state index in [2.05, 4.69) is 28.6 Å². The second kappa shape index (κ2) is 17.9. The minimum Gasteiger partial charge on any atom is -0.545 e. The van der Waals surface area contributed by atoms with Gasteiger partial charge in [0.25, 0.3) is 0 Å². The van der Waals surface area contributed by atoms with Gasteiger partial charge in [0.15, 0.2) is 19.7 Å². The molecule has 0 bridgehead atoms. The van der Waals surface area contributed by atoms with Crippen LogP contribution in [0.25, 0.3) is 33.4 Å². The maximum absolute atomic E-state index is 12.3. The molecule has 1 heterocycles. The SMILES string of the molecule is C=CN(Cc1ccccc1)c1ccc2c(-c3ccccc3C(=O)[O-])c3ccc(=[N+](CCOC(=O)NC)Cc4ccccc4)cc-3oc2c1.CNC(=O)O. The Hall–Kier alpha value is -6.88. The molecule has 1 aliphatic heterocycles. The third-order valence-electron chi connectivity index (χ3n) is 8.45. The lowest BCUT2D eigenvalue weighted by Crippen LogP contribution is -2.34. The van der Waals surface area contributed by atoms with Crippen LogP contribution in [0.4, 0.5) is 15.3 Å². The van der Waals surface area contributed by atoms with Crippen molar-refractivity contribution in [3.8, 4) is 22.5 Å². The van der Waals surface area contributed by atoms with E-state index in [1.807, 2.05) is 101 Å². The summed E-state index contributed by atoms with van der Waals surface area (Å²) in [6.07, 6.45) is 0.287. The van der Waals surface area contributed by atoms with E-state index < -0.39 is 18.2 Å². The molecule has 0 unspecified atom stereocenters. The van der Waals surface area contributed by atoms with Gasteiger partial charge in [0.05, 0.1) is 12.0 Å². The molecule has 0 radical (unpaired) electrons. The van der Waals surface area contributed by atoms with Crippen LogP contribution in [0.1, 0.15) is 21.5 Å². The van der Waals surface area contributed by atoms with Crippen molar-refractivity contribution in [1.82, 2.24) is 15.2 Å². The van der Waals surface area contributed by atoms with Crippen LogP contribution in [0, 0.1) is 0 Å². The van der Waals surface area contributed by atoms with Crippen molar-refractivity contribution >= 4 is 34.8 Å². The summed E-state index contributed by atoms with van der Waals surface area (Å²) in [5, 5.41) is 26.0. The first-order valence-corrected chi connectivity index (χ1v) is 16.8. The molecule has 0 spiro atoms. The molecular weight excluding hydrogens is 672 g/mol. The lowest BCUT2D eigenvalue weighted by molar-refractivity contribution is -0.254. The number of carboxylic acid groups (broad SMARTS) is 2. The number of carbonyl (C=O) groups is 3. The maximum atomic E-state index is 12.3. The van der Waals surface area contributed by atoms with Crippen molar-refractivity contribution in [1.29, 1.82) is 0 Å². The molecule has 0 saturated heterocycles. The van der Waals surface area contributed by atoms with Crippen LogP contribution in [0.15, 0.2) is 139 Å². The molecule has 2 aliphatic rings. The van der Waals surface area contributed by atoms with Crippen LogP contribution < -0.4 is 30.6 Å². The maximum Gasteiger partial charge on any atom is 0.407 e. The minimum atomic E-state index is -1.26. The van der Waals surface area contributed by atoms with Gasteiger partial charge in [0, 0.05) is 66.1 Å². The van der Waals surface area contributed by atoms with E-state index >= 15 is 0 Å². The van der Waals surface area contributed by atoms with Crippen molar-refractivity contribution in [2.24, 2.45) is 0 Å². The van der Waals surface area contributed by atoms with Crippen LogP contribution in [0.3, 0.4) is 0 Å². The summed E-state index contributed by atoms with van der Waals surface area (Å²) in [4.78, 5) is 35.4. The third kappa shape index (κ3) is 9.47. The van der Waals surface area contributed by atoms with Gasteiger partial charge in [-0.25, -0.2) is 14.2 Å². The molecule has 3 N–H and O–H groups in total. The van der Waals surface area contributed by atoms with Gasteiger partial charge in [0.1, 0.15) is 11.3 Å². The highest BCUT2D eigenvalue weighted by molar-refractivity contribution is 6.07. The Morgan fingerprint density at radius 2 is 1.51 bits per heavy atom. The Morgan fingerprint density at radius 3 is 2.15 bits per heavy atom. The van der Waals surface area contributed by atoms with Gasteiger partial charge in [-0.1, -0.05) is 91.5 Å². The van der Waals surface area contributed by atoms with Crippen LogP contribution in [-0.4, -0.2) is 50.5 Å². The summed E-state index contributed by atoms with van der Waals surface area (Å²) >= 11 is 0. The second-order valence-electron chi connectivity index (χ2n) is 11.8. The normalized spacial score (nSPS) is 11.1. The van der Waals surface area contributed by atoms with Gasteiger partial charge in [0.2, 0.25) is 5.36 Å². The molecule has 0 saturated carbocycles. The zero-order valence-electron chi connectivity index (χ0n) is 29.5. The van der Waals surface area contributed by atoms with Crippen molar-refractivity contribution in [2.45, 2.75) is 13.1 Å². The number of amides is 2. The molecule has 0 aromatic heterocycles. The zero-order chi connectivity index (χ0) is 37.7. The van der Waals surface area contributed by atoms with Gasteiger partial charge in [-0.15, -0.1) is 0 Å². The number of anilines is 1. The number of aromatic carboxylic acids is 1. The lowest BCUT2D eigenvalue weighted by Gasteiger charge is -2.22. The Balaban J connectivity index is 0.00000101. The summed E-state index contributed by atoms with van der Waals surface area (Å²) < 4.78 is 14.1. The van der Waals surface area contributed by atoms with Gasteiger partial charge >= 0.3 is 12.2 Å². The molecule has 6 rings (SSSR count). The molecule has 4 aromatic carbocycles. The molecule has 53 heavy (non-hydrogen) atoms. The highest BCUT2D eigenvalue weighted by Crippen LogP contribution is 2.42. The molecule has 270 valence electrons. The van der Waals surface area contributed by atoms with E-state index in [1.54, 1.807) is 24.4 Å². The van der Waals surface area contributed by atoms with Crippen molar-refractivity contribution in [3.05, 3.63) is 156 Å². The summed E-state index contributed by atoms with van der Waals surface area (Å²) in [7, 11) is 2.87. The van der Waals surface area contributed by atoms with Crippen LogP contribution in [0.2, 0.25) is 0 Å². The third-order valence-corrected chi connectivity index (χ3v) is 8.45. The Labute approximate surface area is 307 Å². The monoisotopic (exact) mass is 712 g/mol. The number of ether oxygens (including phenoxy) is 1. The number of hydrogen-bond acceptors (Lipinski definition) is 7. The molecule has 11 heteroatoms. The van der Waals surface area contributed by atoms with Gasteiger partial charge in [-0.2, -0.15) is 0 Å². The number of alkyl carbamates (subject to hydrolysis) is 1. The summed E-state index contributed by atoms with van der Waals surface area (Å²) in [5.41, 5.74) is 5.77. The van der Waals surface area contributed by atoms with Gasteiger partial charge in [-0.3, -0.25) is 0 Å². The number of hydrogen-bond donors (Lipinski definition) is 3. The summed E-state index contributed by atoms with van der Waals surface area (Å²) in [5.74, 6) is -0.689. The smallest absolute Gasteiger partial charge is 0.407 e. The second-order valence-corrected chi connectivity index (χ2v) is 11.8. The largest absolute Gasteiger partial charge is 0.545 e. The Bertz CT molecular complexity index is 2250. The van der Waals surface area contributed by atoms with Crippen molar-refractivity contribution < 1.29 is 33.8 Å². The predicted octanol–water partition coefficient (Wildman–Crippen LogP) is 5.93. The standard InChI is InChI=1S/C40H35N3O5.C2H5NO2/c1-3-42(26-28-12-6-4-7-13-28)30-18-20-34-36(24-30)48-37-25-31(19-21-35(37)38(34)32-16-10-11-17-33(32)39(44)45)43(22-23-47-40(46)41-2)27-29-14-8-5-9-15-29;1-3-2(4)5/h3-21,24-25H,1,22-23,26-27H2,2H3,(H-,41,44,45,46);3H,1H3,(H,4,5). The number of nitrogens with zero attached hydrogens (tertiary/aromatic N) is 2. The fraction of sp³-hybridized carbons (Fsp3) is 0.143. The average Bonchev–Trinajstić information content (AvgIpc) is 3.19. The summed E-state index contributed by atoms with van der Waals surface area (Å²) in [6.45, 7) is 5.83. The molecule has 0 fully saturated rings. The lowest BCUT2D eigenvalue weighted by atomic mass is 9.90. The van der Waals surface area contributed by atoms with E-state index in [0.29, 0.717) is 36.5 Å². The molecular formula is C42H40N4O7. The van der Waals surface area contributed by atoms with Crippen LogP contribution in [0.5, 0.6) is 0 Å². The van der Waals surface area contributed by atoms with E-state index in [9.17, 15) is 19.5 Å². The van der Waals surface area contributed by atoms with Crippen molar-refractivity contribution in [2.75, 3.05) is 32.1 Å². The van der Waals surface area contributed by atoms with E-state index in [0.717, 1.165) is 38.7 Å². The number of benzene rings is 5. The molecule has 11 nitrogen and oxygen atoms in total. The fourth-order valence-corrected chi connectivity index (χ4v) is 5.88.